The number of rotatable bonds is 5. The molecule has 0 saturated carbocycles. The van der Waals surface area contributed by atoms with E-state index in [4.69, 9.17) is 10.3 Å². The Morgan fingerprint density at radius 1 is 1.21 bits per heavy atom. The standard InChI is InChI=1S/C15H21N3O/c1-4-11-5-7-12(8-6-11)14-17-13(19-18-14)9-10-15(2,3)16/h5-8H,4,9-10,16H2,1-3H3. The second-order valence-corrected chi connectivity index (χ2v) is 5.55. The zero-order chi connectivity index (χ0) is 13.9. The first-order valence-corrected chi connectivity index (χ1v) is 6.69. The summed E-state index contributed by atoms with van der Waals surface area (Å²) in [5, 5.41) is 4.02. The van der Waals surface area contributed by atoms with Crippen LogP contribution in [-0.2, 0) is 12.8 Å². The van der Waals surface area contributed by atoms with E-state index in [1.807, 2.05) is 26.0 Å². The number of nitrogens with two attached hydrogens (primary N) is 1. The second-order valence-electron chi connectivity index (χ2n) is 5.55. The predicted molar refractivity (Wildman–Crippen MR) is 75.7 cm³/mol. The highest BCUT2D eigenvalue weighted by molar-refractivity contribution is 5.54. The summed E-state index contributed by atoms with van der Waals surface area (Å²) < 4.78 is 5.25. The van der Waals surface area contributed by atoms with Gasteiger partial charge < -0.3 is 10.3 Å². The topological polar surface area (TPSA) is 64.9 Å². The van der Waals surface area contributed by atoms with Gasteiger partial charge >= 0.3 is 0 Å². The molecule has 0 aliphatic heterocycles. The maximum atomic E-state index is 5.94. The van der Waals surface area contributed by atoms with Gasteiger partial charge in [0, 0.05) is 17.5 Å². The smallest absolute Gasteiger partial charge is 0.227 e. The van der Waals surface area contributed by atoms with Crippen LogP contribution in [0.5, 0.6) is 0 Å². The fourth-order valence-corrected chi connectivity index (χ4v) is 1.79. The fraction of sp³-hybridized carbons (Fsp3) is 0.467. The molecule has 0 saturated heterocycles. The largest absolute Gasteiger partial charge is 0.339 e. The molecule has 0 aliphatic rings. The molecule has 2 aromatic rings. The summed E-state index contributed by atoms with van der Waals surface area (Å²) in [5.74, 6) is 1.29. The van der Waals surface area contributed by atoms with E-state index in [1.54, 1.807) is 0 Å². The zero-order valence-electron chi connectivity index (χ0n) is 11.8. The van der Waals surface area contributed by atoms with E-state index in [9.17, 15) is 0 Å². The van der Waals surface area contributed by atoms with Crippen LogP contribution in [0.4, 0.5) is 0 Å². The Morgan fingerprint density at radius 2 is 1.89 bits per heavy atom. The van der Waals surface area contributed by atoms with Crippen LogP contribution in [0.1, 0.15) is 38.6 Å². The summed E-state index contributed by atoms with van der Waals surface area (Å²) >= 11 is 0. The Labute approximate surface area is 114 Å². The average molecular weight is 259 g/mol. The molecule has 2 N–H and O–H groups in total. The molecule has 2 rings (SSSR count). The van der Waals surface area contributed by atoms with E-state index >= 15 is 0 Å². The summed E-state index contributed by atoms with van der Waals surface area (Å²) in [6.07, 6.45) is 2.57. The van der Waals surface area contributed by atoms with E-state index in [2.05, 4.69) is 29.2 Å². The highest BCUT2D eigenvalue weighted by atomic mass is 16.5. The monoisotopic (exact) mass is 259 g/mol. The second kappa shape index (κ2) is 5.53. The lowest BCUT2D eigenvalue weighted by Crippen LogP contribution is -2.32. The van der Waals surface area contributed by atoms with Crippen molar-refractivity contribution in [3.05, 3.63) is 35.7 Å². The minimum atomic E-state index is -0.211. The number of benzene rings is 1. The van der Waals surface area contributed by atoms with Gasteiger partial charge in [-0.05, 0) is 32.3 Å². The summed E-state index contributed by atoms with van der Waals surface area (Å²) in [7, 11) is 0. The summed E-state index contributed by atoms with van der Waals surface area (Å²) in [4.78, 5) is 4.41. The van der Waals surface area contributed by atoms with Crippen LogP contribution >= 0.6 is 0 Å². The number of hydrogen-bond acceptors (Lipinski definition) is 4. The van der Waals surface area contributed by atoms with E-state index in [-0.39, 0.29) is 5.54 Å². The molecule has 0 atom stereocenters. The number of aromatic nitrogens is 2. The molecule has 1 aromatic heterocycles. The van der Waals surface area contributed by atoms with Crippen molar-refractivity contribution in [2.45, 2.75) is 45.6 Å². The third-order valence-electron chi connectivity index (χ3n) is 3.07. The van der Waals surface area contributed by atoms with Gasteiger partial charge in [-0.25, -0.2) is 0 Å². The Hall–Kier alpha value is -1.68. The van der Waals surface area contributed by atoms with Crippen LogP contribution < -0.4 is 5.73 Å². The molecule has 102 valence electrons. The molecular formula is C15H21N3O. The van der Waals surface area contributed by atoms with Gasteiger partial charge in [0.1, 0.15) is 0 Å². The third-order valence-corrected chi connectivity index (χ3v) is 3.07. The van der Waals surface area contributed by atoms with E-state index in [0.717, 1.165) is 18.4 Å². The molecule has 0 unspecified atom stereocenters. The minimum absolute atomic E-state index is 0.211. The van der Waals surface area contributed by atoms with Gasteiger partial charge in [-0.1, -0.05) is 36.3 Å². The quantitative estimate of drug-likeness (QED) is 0.896. The molecule has 19 heavy (non-hydrogen) atoms. The molecule has 4 heteroatoms. The van der Waals surface area contributed by atoms with Crippen LogP contribution in [0.2, 0.25) is 0 Å². The number of nitrogens with zero attached hydrogens (tertiary/aromatic N) is 2. The van der Waals surface area contributed by atoms with Crippen molar-refractivity contribution in [3.8, 4) is 11.4 Å². The number of hydrogen-bond donors (Lipinski definition) is 1. The minimum Gasteiger partial charge on any atom is -0.339 e. The van der Waals surface area contributed by atoms with Crippen LogP contribution in [0.3, 0.4) is 0 Å². The molecular weight excluding hydrogens is 238 g/mol. The summed E-state index contributed by atoms with van der Waals surface area (Å²) in [6, 6.07) is 8.24. The van der Waals surface area contributed by atoms with Crippen molar-refractivity contribution < 1.29 is 4.52 Å². The van der Waals surface area contributed by atoms with Crippen molar-refractivity contribution in [3.63, 3.8) is 0 Å². The van der Waals surface area contributed by atoms with Crippen LogP contribution in [-0.4, -0.2) is 15.7 Å². The van der Waals surface area contributed by atoms with Crippen molar-refractivity contribution in [2.75, 3.05) is 0 Å². The van der Waals surface area contributed by atoms with E-state index in [0.29, 0.717) is 18.1 Å². The Bertz CT molecular complexity index is 523. The van der Waals surface area contributed by atoms with Gasteiger partial charge in [-0.15, -0.1) is 0 Å². The Balaban J connectivity index is 2.07. The molecule has 0 radical (unpaired) electrons. The molecule has 1 aromatic carbocycles. The molecule has 4 nitrogen and oxygen atoms in total. The zero-order valence-corrected chi connectivity index (χ0v) is 11.8. The van der Waals surface area contributed by atoms with Gasteiger partial charge in [0.15, 0.2) is 0 Å². The fourth-order valence-electron chi connectivity index (χ4n) is 1.79. The SMILES string of the molecule is CCc1ccc(-c2noc(CCC(C)(C)N)n2)cc1. The van der Waals surface area contributed by atoms with Gasteiger partial charge in [-0.2, -0.15) is 4.98 Å². The summed E-state index contributed by atoms with van der Waals surface area (Å²) in [6.45, 7) is 6.12. The maximum Gasteiger partial charge on any atom is 0.227 e. The first-order chi connectivity index (χ1) is 8.98. The lowest BCUT2D eigenvalue weighted by molar-refractivity contribution is 0.358. The van der Waals surface area contributed by atoms with Gasteiger partial charge in [0.05, 0.1) is 0 Å². The van der Waals surface area contributed by atoms with Crippen molar-refractivity contribution in [2.24, 2.45) is 5.73 Å². The normalized spacial score (nSPS) is 11.8. The van der Waals surface area contributed by atoms with Crippen molar-refractivity contribution in [1.82, 2.24) is 10.1 Å². The Kier molecular flexibility index (Phi) is 4.00. The Morgan fingerprint density at radius 3 is 2.47 bits per heavy atom. The lowest BCUT2D eigenvalue weighted by atomic mass is 10.0. The third kappa shape index (κ3) is 3.89. The average Bonchev–Trinajstić information content (AvgIpc) is 2.84. The van der Waals surface area contributed by atoms with Gasteiger partial charge in [0.25, 0.3) is 0 Å². The van der Waals surface area contributed by atoms with Crippen LogP contribution in [0.15, 0.2) is 28.8 Å². The predicted octanol–water partition coefficient (Wildman–Crippen LogP) is 2.97. The van der Waals surface area contributed by atoms with Crippen molar-refractivity contribution >= 4 is 0 Å². The first kappa shape index (κ1) is 13.7. The molecule has 0 aliphatic carbocycles. The van der Waals surface area contributed by atoms with E-state index < -0.39 is 0 Å². The van der Waals surface area contributed by atoms with Crippen molar-refractivity contribution in [1.29, 1.82) is 0 Å². The molecule has 1 heterocycles. The van der Waals surface area contributed by atoms with Gasteiger partial charge in [-0.3, -0.25) is 0 Å². The molecule has 0 fully saturated rings. The van der Waals surface area contributed by atoms with Crippen LogP contribution in [0, 0.1) is 0 Å². The maximum absolute atomic E-state index is 5.94. The van der Waals surface area contributed by atoms with Crippen LogP contribution in [0.25, 0.3) is 11.4 Å². The molecule has 0 spiro atoms. The molecule has 0 bridgehead atoms. The van der Waals surface area contributed by atoms with E-state index in [1.165, 1.54) is 5.56 Å². The first-order valence-electron chi connectivity index (χ1n) is 6.69. The summed E-state index contributed by atoms with van der Waals surface area (Å²) in [5.41, 5.74) is 8.02. The highest BCUT2D eigenvalue weighted by Crippen LogP contribution is 2.18. The number of aryl methyl sites for hydroxylation is 2. The van der Waals surface area contributed by atoms with Gasteiger partial charge in [0.2, 0.25) is 11.7 Å². The lowest BCUT2D eigenvalue weighted by Gasteiger charge is -2.16. The molecule has 0 amide bonds. The highest BCUT2D eigenvalue weighted by Gasteiger charge is 2.14.